The van der Waals surface area contributed by atoms with Gasteiger partial charge in [0.15, 0.2) is 6.61 Å². The second kappa shape index (κ2) is 8.50. The minimum Gasteiger partial charge on any atom is -0.455 e. The van der Waals surface area contributed by atoms with Crippen molar-refractivity contribution in [3.63, 3.8) is 0 Å². The maximum atomic E-state index is 12.0. The highest BCUT2D eigenvalue weighted by atomic mass is 35.5. The molecule has 0 atom stereocenters. The number of halogens is 1. The zero-order chi connectivity index (χ0) is 17.5. The number of nitrogens with one attached hydrogen (secondary N) is 1. The molecule has 4 nitrogen and oxygen atoms in total. The standard InChI is InChI=1S/C19H20ClNO3/c1-3-14-9-6-7-13(2)19(14)21-17(22)12-24-18(23)11-15-8-4-5-10-16(15)20/h4-10H,3,11-12H2,1-2H3,(H,21,22). The zero-order valence-electron chi connectivity index (χ0n) is 13.8. The molecule has 1 amide bonds. The average molecular weight is 346 g/mol. The van der Waals surface area contributed by atoms with Gasteiger partial charge in [0.2, 0.25) is 0 Å². The van der Waals surface area contributed by atoms with Crippen molar-refractivity contribution in [3.05, 3.63) is 64.2 Å². The van der Waals surface area contributed by atoms with E-state index >= 15 is 0 Å². The predicted molar refractivity (Wildman–Crippen MR) is 95.3 cm³/mol. The number of benzene rings is 2. The van der Waals surface area contributed by atoms with Crippen molar-refractivity contribution in [2.75, 3.05) is 11.9 Å². The highest BCUT2D eigenvalue weighted by Gasteiger charge is 2.12. The van der Waals surface area contributed by atoms with Crippen molar-refractivity contribution < 1.29 is 14.3 Å². The Hall–Kier alpha value is -2.33. The maximum Gasteiger partial charge on any atom is 0.310 e. The number of carbonyl (C=O) groups is 2. The third-order valence-corrected chi connectivity index (χ3v) is 4.03. The lowest BCUT2D eigenvalue weighted by Crippen LogP contribution is -2.22. The van der Waals surface area contributed by atoms with E-state index in [0.29, 0.717) is 10.6 Å². The quantitative estimate of drug-likeness (QED) is 0.807. The predicted octanol–water partition coefficient (Wildman–Crippen LogP) is 3.94. The Morgan fingerprint density at radius 1 is 1.08 bits per heavy atom. The van der Waals surface area contributed by atoms with E-state index in [0.717, 1.165) is 23.2 Å². The summed E-state index contributed by atoms with van der Waals surface area (Å²) in [5.41, 5.74) is 3.49. The van der Waals surface area contributed by atoms with Crippen LogP contribution in [0.2, 0.25) is 5.02 Å². The van der Waals surface area contributed by atoms with Gasteiger partial charge in [-0.2, -0.15) is 0 Å². The Kier molecular flexibility index (Phi) is 6.38. The fourth-order valence-electron chi connectivity index (χ4n) is 2.37. The van der Waals surface area contributed by atoms with E-state index in [9.17, 15) is 9.59 Å². The lowest BCUT2D eigenvalue weighted by atomic mass is 10.1. The number of carbonyl (C=O) groups excluding carboxylic acids is 2. The van der Waals surface area contributed by atoms with Gasteiger partial charge in [-0.25, -0.2) is 0 Å². The van der Waals surface area contributed by atoms with E-state index in [1.807, 2.05) is 32.0 Å². The second-order valence-corrected chi connectivity index (χ2v) is 5.85. The van der Waals surface area contributed by atoms with E-state index in [2.05, 4.69) is 5.32 Å². The number of para-hydroxylation sites is 1. The molecular weight excluding hydrogens is 326 g/mol. The summed E-state index contributed by atoms with van der Waals surface area (Å²) in [6.45, 7) is 3.63. The zero-order valence-corrected chi connectivity index (χ0v) is 14.5. The normalized spacial score (nSPS) is 10.3. The number of hydrogen-bond acceptors (Lipinski definition) is 3. The van der Waals surface area contributed by atoms with Crippen LogP contribution < -0.4 is 5.32 Å². The molecule has 0 aliphatic carbocycles. The summed E-state index contributed by atoms with van der Waals surface area (Å²) < 4.78 is 5.04. The summed E-state index contributed by atoms with van der Waals surface area (Å²) in [5.74, 6) is -0.842. The van der Waals surface area contributed by atoms with Crippen LogP contribution >= 0.6 is 11.6 Å². The number of ether oxygens (including phenoxy) is 1. The first-order chi connectivity index (χ1) is 11.5. The molecule has 126 valence electrons. The van der Waals surface area contributed by atoms with Crippen LogP contribution in [0.1, 0.15) is 23.6 Å². The maximum absolute atomic E-state index is 12.0. The Labute approximate surface area is 146 Å². The van der Waals surface area contributed by atoms with Gasteiger partial charge in [0.25, 0.3) is 5.91 Å². The van der Waals surface area contributed by atoms with E-state index in [4.69, 9.17) is 16.3 Å². The monoisotopic (exact) mass is 345 g/mol. The van der Waals surface area contributed by atoms with Crippen molar-refractivity contribution in [2.45, 2.75) is 26.7 Å². The van der Waals surface area contributed by atoms with Crippen LogP contribution in [0.3, 0.4) is 0 Å². The Balaban J connectivity index is 1.90. The van der Waals surface area contributed by atoms with Crippen LogP contribution in [0.5, 0.6) is 0 Å². The smallest absolute Gasteiger partial charge is 0.310 e. The summed E-state index contributed by atoms with van der Waals surface area (Å²) in [6.07, 6.45) is 0.848. The van der Waals surface area contributed by atoms with Gasteiger partial charge in [-0.3, -0.25) is 9.59 Å². The second-order valence-electron chi connectivity index (χ2n) is 5.44. The molecule has 0 radical (unpaired) electrons. The van der Waals surface area contributed by atoms with E-state index in [1.165, 1.54) is 0 Å². The largest absolute Gasteiger partial charge is 0.455 e. The Morgan fingerprint density at radius 3 is 2.50 bits per heavy atom. The molecule has 5 heteroatoms. The number of anilines is 1. The Morgan fingerprint density at radius 2 is 1.79 bits per heavy atom. The van der Waals surface area contributed by atoms with Crippen LogP contribution in [-0.4, -0.2) is 18.5 Å². The van der Waals surface area contributed by atoms with Crippen LogP contribution in [0.25, 0.3) is 0 Å². The molecule has 0 aromatic heterocycles. The van der Waals surface area contributed by atoms with Crippen molar-refractivity contribution in [1.82, 2.24) is 0 Å². The summed E-state index contributed by atoms with van der Waals surface area (Å²) in [4.78, 5) is 23.9. The van der Waals surface area contributed by atoms with Crippen molar-refractivity contribution in [3.8, 4) is 0 Å². The first kappa shape index (κ1) is 18.0. The molecule has 2 aromatic rings. The molecule has 0 saturated carbocycles. The minimum atomic E-state index is -0.487. The van der Waals surface area contributed by atoms with Crippen LogP contribution in [0, 0.1) is 6.92 Å². The average Bonchev–Trinajstić information content (AvgIpc) is 2.57. The number of hydrogen-bond donors (Lipinski definition) is 1. The molecule has 1 N–H and O–H groups in total. The van der Waals surface area contributed by atoms with Gasteiger partial charge < -0.3 is 10.1 Å². The molecule has 0 fully saturated rings. The first-order valence-electron chi connectivity index (χ1n) is 7.78. The van der Waals surface area contributed by atoms with Crippen LogP contribution in [0.15, 0.2) is 42.5 Å². The van der Waals surface area contributed by atoms with Gasteiger partial charge in [-0.1, -0.05) is 54.9 Å². The highest BCUT2D eigenvalue weighted by molar-refractivity contribution is 6.31. The van der Waals surface area contributed by atoms with Crippen molar-refractivity contribution in [1.29, 1.82) is 0 Å². The molecule has 0 heterocycles. The molecule has 2 aromatic carbocycles. The van der Waals surface area contributed by atoms with E-state index in [-0.39, 0.29) is 18.9 Å². The summed E-state index contributed by atoms with van der Waals surface area (Å²) in [6, 6.07) is 12.9. The SMILES string of the molecule is CCc1cccc(C)c1NC(=O)COC(=O)Cc1ccccc1Cl. The lowest BCUT2D eigenvalue weighted by molar-refractivity contribution is -0.146. The van der Waals surface area contributed by atoms with E-state index < -0.39 is 5.97 Å². The molecule has 24 heavy (non-hydrogen) atoms. The van der Waals surface area contributed by atoms with Gasteiger partial charge in [0.1, 0.15) is 0 Å². The number of esters is 1. The molecule has 0 aliphatic heterocycles. The number of rotatable bonds is 6. The van der Waals surface area contributed by atoms with Crippen LogP contribution in [-0.2, 0) is 27.2 Å². The van der Waals surface area contributed by atoms with Gasteiger partial charge in [0, 0.05) is 10.7 Å². The Bertz CT molecular complexity index is 743. The lowest BCUT2D eigenvalue weighted by Gasteiger charge is -2.13. The molecule has 0 aliphatic rings. The third-order valence-electron chi connectivity index (χ3n) is 3.66. The number of aryl methyl sites for hydroxylation is 2. The van der Waals surface area contributed by atoms with Gasteiger partial charge >= 0.3 is 5.97 Å². The van der Waals surface area contributed by atoms with Gasteiger partial charge in [-0.15, -0.1) is 0 Å². The fourth-order valence-corrected chi connectivity index (χ4v) is 2.57. The topological polar surface area (TPSA) is 55.4 Å². The molecule has 0 spiro atoms. The number of amides is 1. The van der Waals surface area contributed by atoms with Gasteiger partial charge in [-0.05, 0) is 36.1 Å². The molecule has 0 bridgehead atoms. The molecule has 0 saturated heterocycles. The highest BCUT2D eigenvalue weighted by Crippen LogP contribution is 2.21. The third kappa shape index (κ3) is 4.83. The fraction of sp³-hybridized carbons (Fsp3) is 0.263. The summed E-state index contributed by atoms with van der Waals surface area (Å²) in [5, 5.41) is 3.32. The van der Waals surface area contributed by atoms with Crippen molar-refractivity contribution in [2.24, 2.45) is 0 Å². The van der Waals surface area contributed by atoms with Crippen LogP contribution in [0.4, 0.5) is 5.69 Å². The summed E-state index contributed by atoms with van der Waals surface area (Å²) >= 11 is 6.00. The van der Waals surface area contributed by atoms with Crippen molar-refractivity contribution >= 4 is 29.2 Å². The van der Waals surface area contributed by atoms with E-state index in [1.54, 1.807) is 24.3 Å². The molecule has 0 unspecified atom stereocenters. The summed E-state index contributed by atoms with van der Waals surface area (Å²) in [7, 11) is 0. The minimum absolute atomic E-state index is 0.0392. The van der Waals surface area contributed by atoms with Gasteiger partial charge in [0.05, 0.1) is 6.42 Å². The molecule has 2 rings (SSSR count). The first-order valence-corrected chi connectivity index (χ1v) is 8.16. The molecular formula is C19H20ClNO3.